The summed E-state index contributed by atoms with van der Waals surface area (Å²) in [5, 5.41) is 2.85. The third-order valence-corrected chi connectivity index (χ3v) is 2.28. The average Bonchev–Trinajstić information content (AvgIpc) is 2.26. The van der Waals surface area contributed by atoms with Crippen LogP contribution >= 0.6 is 0 Å². The lowest BCUT2D eigenvalue weighted by molar-refractivity contribution is -0.138. The van der Waals surface area contributed by atoms with Gasteiger partial charge in [0.05, 0.1) is 18.4 Å². The molecule has 0 spiro atoms. The number of methoxy groups -OCH3 is 1. The van der Waals surface area contributed by atoms with Crippen molar-refractivity contribution in [2.75, 3.05) is 25.6 Å². The Morgan fingerprint density at radius 2 is 2.12 bits per heavy atom. The van der Waals surface area contributed by atoms with E-state index in [2.05, 4.69) is 5.32 Å². The van der Waals surface area contributed by atoms with Crippen molar-refractivity contribution < 1.29 is 22.6 Å². The summed E-state index contributed by atoms with van der Waals surface area (Å²) >= 11 is 0. The summed E-state index contributed by atoms with van der Waals surface area (Å²) in [4.78, 5) is 0. The summed E-state index contributed by atoms with van der Waals surface area (Å²) in [5.41, 5.74) is -0.453. The van der Waals surface area contributed by atoms with Crippen molar-refractivity contribution in [3.8, 4) is 11.5 Å². The van der Waals surface area contributed by atoms with Gasteiger partial charge in [-0.2, -0.15) is 13.2 Å². The van der Waals surface area contributed by atoms with Gasteiger partial charge >= 0.3 is 6.18 Å². The molecule has 0 saturated heterocycles. The van der Waals surface area contributed by atoms with E-state index in [4.69, 9.17) is 9.47 Å². The second-order valence-corrected chi connectivity index (χ2v) is 3.32. The minimum absolute atomic E-state index is 0.227. The lowest BCUT2D eigenvalue weighted by atomic mass is 10.1. The first-order chi connectivity index (χ1) is 7.52. The van der Waals surface area contributed by atoms with Gasteiger partial charge in [0.2, 0.25) is 0 Å². The fourth-order valence-electron chi connectivity index (χ4n) is 1.56. The SMILES string of the molecule is COc1cc2c(cc1C(F)(F)F)NCCO2. The summed E-state index contributed by atoms with van der Waals surface area (Å²) in [5.74, 6) is 0.158. The van der Waals surface area contributed by atoms with Crippen LogP contribution in [0.1, 0.15) is 5.56 Å². The first-order valence-corrected chi connectivity index (χ1v) is 4.68. The molecule has 1 N–H and O–H groups in total. The molecule has 0 unspecified atom stereocenters. The number of nitrogens with one attached hydrogen (secondary N) is 1. The zero-order chi connectivity index (χ0) is 11.8. The molecular formula is C10H10F3NO2. The molecule has 6 heteroatoms. The van der Waals surface area contributed by atoms with E-state index in [0.717, 1.165) is 6.07 Å². The van der Waals surface area contributed by atoms with Crippen LogP contribution < -0.4 is 14.8 Å². The van der Waals surface area contributed by atoms with Crippen molar-refractivity contribution in [1.29, 1.82) is 0 Å². The minimum Gasteiger partial charge on any atom is -0.496 e. The molecule has 0 bridgehead atoms. The fraction of sp³-hybridized carbons (Fsp3) is 0.400. The smallest absolute Gasteiger partial charge is 0.420 e. The van der Waals surface area contributed by atoms with Crippen molar-refractivity contribution in [3.63, 3.8) is 0 Å². The van der Waals surface area contributed by atoms with Gasteiger partial charge in [-0.15, -0.1) is 0 Å². The minimum atomic E-state index is -4.43. The fourth-order valence-corrected chi connectivity index (χ4v) is 1.56. The molecule has 1 heterocycles. The molecule has 1 aromatic carbocycles. The van der Waals surface area contributed by atoms with Crippen LogP contribution in [0.25, 0.3) is 0 Å². The normalized spacial score (nSPS) is 14.8. The van der Waals surface area contributed by atoms with Gasteiger partial charge in [-0.25, -0.2) is 0 Å². The molecule has 0 radical (unpaired) electrons. The summed E-state index contributed by atoms with van der Waals surface area (Å²) < 4.78 is 47.9. The van der Waals surface area contributed by atoms with E-state index in [-0.39, 0.29) is 5.75 Å². The van der Waals surface area contributed by atoms with Crippen LogP contribution in [0.2, 0.25) is 0 Å². The van der Waals surface area contributed by atoms with E-state index < -0.39 is 11.7 Å². The zero-order valence-electron chi connectivity index (χ0n) is 8.52. The Labute approximate surface area is 90.2 Å². The Morgan fingerprint density at radius 3 is 2.75 bits per heavy atom. The van der Waals surface area contributed by atoms with E-state index in [1.54, 1.807) is 0 Å². The van der Waals surface area contributed by atoms with Gasteiger partial charge in [-0.05, 0) is 6.07 Å². The summed E-state index contributed by atoms with van der Waals surface area (Å²) in [6.07, 6.45) is -4.43. The maximum atomic E-state index is 12.7. The molecule has 1 aliphatic heterocycles. The quantitative estimate of drug-likeness (QED) is 0.808. The Kier molecular flexibility index (Phi) is 2.57. The highest BCUT2D eigenvalue weighted by molar-refractivity contribution is 5.63. The molecule has 0 fully saturated rings. The number of rotatable bonds is 1. The maximum absolute atomic E-state index is 12.7. The largest absolute Gasteiger partial charge is 0.496 e. The van der Waals surface area contributed by atoms with Gasteiger partial charge in [0.15, 0.2) is 0 Å². The molecule has 0 atom stereocenters. The van der Waals surface area contributed by atoms with E-state index in [1.807, 2.05) is 0 Å². The number of ether oxygens (including phenoxy) is 2. The van der Waals surface area contributed by atoms with Crippen molar-refractivity contribution in [1.82, 2.24) is 0 Å². The van der Waals surface area contributed by atoms with Crippen LogP contribution in [0.3, 0.4) is 0 Å². The zero-order valence-corrected chi connectivity index (χ0v) is 8.52. The molecule has 0 amide bonds. The maximum Gasteiger partial charge on any atom is 0.420 e. The molecular weight excluding hydrogens is 223 g/mol. The molecule has 88 valence electrons. The summed E-state index contributed by atoms with van der Waals surface area (Å²) in [6, 6.07) is 2.26. The van der Waals surface area contributed by atoms with E-state index in [9.17, 15) is 13.2 Å². The van der Waals surface area contributed by atoms with Gasteiger partial charge in [0, 0.05) is 12.6 Å². The van der Waals surface area contributed by atoms with Gasteiger partial charge in [-0.1, -0.05) is 0 Å². The lowest BCUT2D eigenvalue weighted by Crippen LogP contribution is -2.19. The molecule has 16 heavy (non-hydrogen) atoms. The number of hydrogen-bond acceptors (Lipinski definition) is 3. The van der Waals surface area contributed by atoms with Crippen LogP contribution in [0.5, 0.6) is 11.5 Å². The molecule has 1 aromatic rings. The Morgan fingerprint density at radius 1 is 1.38 bits per heavy atom. The number of alkyl halides is 3. The third kappa shape index (κ3) is 1.87. The van der Waals surface area contributed by atoms with Gasteiger partial charge < -0.3 is 14.8 Å². The first-order valence-electron chi connectivity index (χ1n) is 4.68. The van der Waals surface area contributed by atoms with Crippen LogP contribution in [0.15, 0.2) is 12.1 Å². The van der Waals surface area contributed by atoms with E-state index >= 15 is 0 Å². The highest BCUT2D eigenvalue weighted by Crippen LogP contribution is 2.42. The monoisotopic (exact) mass is 233 g/mol. The molecule has 3 nitrogen and oxygen atoms in total. The Bertz CT molecular complexity index is 404. The Balaban J connectivity index is 2.52. The molecule has 0 aromatic heterocycles. The average molecular weight is 233 g/mol. The molecule has 0 aliphatic carbocycles. The third-order valence-electron chi connectivity index (χ3n) is 2.28. The summed E-state index contributed by atoms with van der Waals surface area (Å²) in [6.45, 7) is 0.929. The summed E-state index contributed by atoms with van der Waals surface area (Å²) in [7, 11) is 1.20. The predicted molar refractivity (Wildman–Crippen MR) is 52.0 cm³/mol. The number of benzene rings is 1. The van der Waals surface area contributed by atoms with Gasteiger partial charge in [0.25, 0.3) is 0 Å². The highest BCUT2D eigenvalue weighted by Gasteiger charge is 2.35. The number of halogens is 3. The Hall–Kier alpha value is -1.59. The van der Waals surface area contributed by atoms with E-state index in [0.29, 0.717) is 24.6 Å². The molecule has 2 rings (SSSR count). The van der Waals surface area contributed by atoms with Crippen LogP contribution in [0, 0.1) is 0 Å². The standard InChI is InChI=1S/C10H10F3NO2/c1-15-8-5-9-7(14-2-3-16-9)4-6(8)10(11,12)13/h4-5,14H,2-3H2,1H3. The topological polar surface area (TPSA) is 30.5 Å². The lowest BCUT2D eigenvalue weighted by Gasteiger charge is -2.22. The first kappa shape index (κ1) is 10.9. The molecule has 1 aliphatic rings. The van der Waals surface area contributed by atoms with Crippen LogP contribution in [0.4, 0.5) is 18.9 Å². The van der Waals surface area contributed by atoms with Crippen LogP contribution in [-0.4, -0.2) is 20.3 Å². The number of anilines is 1. The van der Waals surface area contributed by atoms with Crippen molar-refractivity contribution in [2.24, 2.45) is 0 Å². The van der Waals surface area contributed by atoms with Gasteiger partial charge in [-0.3, -0.25) is 0 Å². The number of hydrogen-bond donors (Lipinski definition) is 1. The van der Waals surface area contributed by atoms with Crippen molar-refractivity contribution >= 4 is 5.69 Å². The van der Waals surface area contributed by atoms with Gasteiger partial charge in [0.1, 0.15) is 18.1 Å². The predicted octanol–water partition coefficient (Wildman–Crippen LogP) is 2.52. The molecule has 0 saturated carbocycles. The van der Waals surface area contributed by atoms with Crippen molar-refractivity contribution in [3.05, 3.63) is 17.7 Å². The van der Waals surface area contributed by atoms with Crippen molar-refractivity contribution in [2.45, 2.75) is 6.18 Å². The van der Waals surface area contributed by atoms with Crippen LogP contribution in [-0.2, 0) is 6.18 Å². The number of fused-ring (bicyclic) bond motifs is 1. The second-order valence-electron chi connectivity index (χ2n) is 3.32. The second kappa shape index (κ2) is 3.77. The highest BCUT2D eigenvalue weighted by atomic mass is 19.4. The van der Waals surface area contributed by atoms with E-state index in [1.165, 1.54) is 13.2 Å².